The summed E-state index contributed by atoms with van der Waals surface area (Å²) in [5.74, 6) is 0.654. The lowest BCUT2D eigenvalue weighted by molar-refractivity contribution is 0.486. The maximum absolute atomic E-state index is 5.48. The molecule has 80 valence electrons. The van der Waals surface area contributed by atoms with E-state index in [1.54, 1.807) is 11.3 Å². The molecule has 4 heteroatoms. The third-order valence-electron chi connectivity index (χ3n) is 2.10. The summed E-state index contributed by atoms with van der Waals surface area (Å²) in [7, 11) is 0. The molecule has 0 aromatic carbocycles. The Morgan fingerprint density at radius 1 is 1.64 bits per heavy atom. The number of rotatable bonds is 6. The average Bonchev–Trinajstić information content (AvgIpc) is 2.52. The summed E-state index contributed by atoms with van der Waals surface area (Å²) in [4.78, 5) is 5.56. The molecule has 3 N–H and O–H groups in total. The third-order valence-corrected chi connectivity index (χ3v) is 3.01. The Bertz CT molecular complexity index is 260. The van der Waals surface area contributed by atoms with Gasteiger partial charge in [-0.1, -0.05) is 6.92 Å². The molecule has 1 aromatic heterocycles. The molecule has 0 bridgehead atoms. The lowest BCUT2D eigenvalue weighted by Gasteiger charge is -2.09. The van der Waals surface area contributed by atoms with Crippen molar-refractivity contribution in [3.05, 3.63) is 16.1 Å². The summed E-state index contributed by atoms with van der Waals surface area (Å²) in [5, 5.41) is 4.56. The minimum absolute atomic E-state index is 0.654. The molecule has 0 saturated heterocycles. The zero-order valence-electron chi connectivity index (χ0n) is 8.92. The van der Waals surface area contributed by atoms with Crippen LogP contribution in [0, 0.1) is 12.8 Å². The zero-order chi connectivity index (χ0) is 10.4. The SMILES string of the molecule is Cc1cnc(CNCC(C)CCN)s1. The number of aryl methyl sites for hydroxylation is 1. The topological polar surface area (TPSA) is 50.9 Å². The van der Waals surface area contributed by atoms with Gasteiger partial charge in [0.15, 0.2) is 0 Å². The van der Waals surface area contributed by atoms with Crippen molar-refractivity contribution in [2.75, 3.05) is 13.1 Å². The van der Waals surface area contributed by atoms with Crippen LogP contribution >= 0.6 is 11.3 Å². The molecule has 0 aliphatic heterocycles. The van der Waals surface area contributed by atoms with Gasteiger partial charge in [-0.2, -0.15) is 0 Å². The molecule has 1 rings (SSSR count). The van der Waals surface area contributed by atoms with Crippen LogP contribution < -0.4 is 11.1 Å². The molecule has 0 spiro atoms. The first-order valence-electron chi connectivity index (χ1n) is 5.04. The van der Waals surface area contributed by atoms with Gasteiger partial charge in [0.1, 0.15) is 5.01 Å². The highest BCUT2D eigenvalue weighted by atomic mass is 32.1. The molecule has 0 aliphatic rings. The highest BCUT2D eigenvalue weighted by Gasteiger charge is 2.01. The second kappa shape index (κ2) is 6.11. The fraction of sp³-hybridized carbons (Fsp3) is 0.700. The van der Waals surface area contributed by atoms with Gasteiger partial charge in [-0.15, -0.1) is 11.3 Å². The normalized spacial score (nSPS) is 13.1. The molecule has 0 saturated carbocycles. The summed E-state index contributed by atoms with van der Waals surface area (Å²) < 4.78 is 0. The Balaban J connectivity index is 2.15. The predicted molar refractivity (Wildman–Crippen MR) is 61.4 cm³/mol. The van der Waals surface area contributed by atoms with Crippen molar-refractivity contribution in [3.8, 4) is 0 Å². The molecule has 0 fully saturated rings. The number of hydrogen-bond donors (Lipinski definition) is 2. The van der Waals surface area contributed by atoms with Gasteiger partial charge in [-0.25, -0.2) is 4.98 Å². The van der Waals surface area contributed by atoms with Crippen LogP contribution in [0.2, 0.25) is 0 Å². The van der Waals surface area contributed by atoms with Gasteiger partial charge in [0.2, 0.25) is 0 Å². The lowest BCUT2D eigenvalue weighted by atomic mass is 10.1. The molecule has 3 nitrogen and oxygen atoms in total. The number of aromatic nitrogens is 1. The van der Waals surface area contributed by atoms with Crippen molar-refractivity contribution in [2.24, 2.45) is 11.7 Å². The summed E-state index contributed by atoms with van der Waals surface area (Å²) in [6, 6.07) is 0. The Morgan fingerprint density at radius 3 is 3.00 bits per heavy atom. The van der Waals surface area contributed by atoms with Gasteiger partial charge in [0, 0.05) is 17.6 Å². The Morgan fingerprint density at radius 2 is 2.43 bits per heavy atom. The van der Waals surface area contributed by atoms with Crippen LogP contribution in [0.15, 0.2) is 6.20 Å². The van der Waals surface area contributed by atoms with Crippen LogP contribution in [0.5, 0.6) is 0 Å². The third kappa shape index (κ3) is 4.17. The van der Waals surface area contributed by atoms with Gasteiger partial charge in [-0.05, 0) is 32.4 Å². The van der Waals surface area contributed by atoms with Crippen LogP contribution in [0.4, 0.5) is 0 Å². The van der Waals surface area contributed by atoms with Crippen molar-refractivity contribution < 1.29 is 0 Å². The van der Waals surface area contributed by atoms with Gasteiger partial charge >= 0.3 is 0 Å². The van der Waals surface area contributed by atoms with Crippen molar-refractivity contribution in [1.82, 2.24) is 10.3 Å². The van der Waals surface area contributed by atoms with Crippen LogP contribution in [0.1, 0.15) is 23.2 Å². The standard InChI is InChI=1S/C10H19N3S/c1-8(3-4-11)5-12-7-10-13-6-9(2)14-10/h6,8,12H,3-5,7,11H2,1-2H3. The molecular formula is C10H19N3S. The van der Waals surface area contributed by atoms with E-state index < -0.39 is 0 Å². The van der Waals surface area contributed by atoms with E-state index in [-0.39, 0.29) is 0 Å². The van der Waals surface area contributed by atoms with Gasteiger partial charge < -0.3 is 11.1 Å². The minimum atomic E-state index is 0.654. The smallest absolute Gasteiger partial charge is 0.107 e. The van der Waals surface area contributed by atoms with Gasteiger partial charge in [0.25, 0.3) is 0 Å². The second-order valence-corrected chi connectivity index (χ2v) is 5.00. The van der Waals surface area contributed by atoms with Crippen LogP contribution in [0.3, 0.4) is 0 Å². The van der Waals surface area contributed by atoms with E-state index in [0.717, 1.165) is 26.1 Å². The van der Waals surface area contributed by atoms with Crippen LogP contribution in [0.25, 0.3) is 0 Å². The first-order valence-corrected chi connectivity index (χ1v) is 5.86. The summed E-state index contributed by atoms with van der Waals surface area (Å²) >= 11 is 1.75. The lowest BCUT2D eigenvalue weighted by Crippen LogP contribution is -2.22. The van der Waals surface area contributed by atoms with Crippen molar-refractivity contribution >= 4 is 11.3 Å². The van der Waals surface area contributed by atoms with E-state index in [4.69, 9.17) is 5.73 Å². The van der Waals surface area contributed by atoms with E-state index in [0.29, 0.717) is 5.92 Å². The monoisotopic (exact) mass is 213 g/mol. The minimum Gasteiger partial charge on any atom is -0.330 e. The van der Waals surface area contributed by atoms with E-state index in [1.165, 1.54) is 9.88 Å². The molecule has 0 radical (unpaired) electrons. The largest absolute Gasteiger partial charge is 0.330 e. The van der Waals surface area contributed by atoms with Gasteiger partial charge in [0.05, 0.1) is 0 Å². The molecule has 1 unspecified atom stereocenters. The molecule has 1 atom stereocenters. The molecular weight excluding hydrogens is 194 g/mol. The molecule has 1 aromatic rings. The average molecular weight is 213 g/mol. The summed E-state index contributed by atoms with van der Waals surface area (Å²) in [5.41, 5.74) is 5.48. The Hall–Kier alpha value is -0.450. The fourth-order valence-electron chi connectivity index (χ4n) is 1.30. The number of nitrogens with zero attached hydrogens (tertiary/aromatic N) is 1. The van der Waals surface area contributed by atoms with E-state index >= 15 is 0 Å². The fourth-order valence-corrected chi connectivity index (χ4v) is 2.05. The zero-order valence-corrected chi connectivity index (χ0v) is 9.73. The molecule has 0 aliphatic carbocycles. The maximum atomic E-state index is 5.48. The Labute approximate surface area is 89.7 Å². The van der Waals surface area contributed by atoms with Crippen LogP contribution in [-0.4, -0.2) is 18.1 Å². The number of nitrogens with two attached hydrogens (primary N) is 1. The number of nitrogens with one attached hydrogen (secondary N) is 1. The number of thiazole rings is 1. The molecule has 1 heterocycles. The highest BCUT2D eigenvalue weighted by molar-refractivity contribution is 7.11. The van der Waals surface area contributed by atoms with Gasteiger partial charge in [-0.3, -0.25) is 0 Å². The van der Waals surface area contributed by atoms with Crippen molar-refractivity contribution in [3.63, 3.8) is 0 Å². The molecule has 14 heavy (non-hydrogen) atoms. The highest BCUT2D eigenvalue weighted by Crippen LogP contribution is 2.10. The van der Waals surface area contributed by atoms with Crippen LogP contribution in [-0.2, 0) is 6.54 Å². The Kier molecular flexibility index (Phi) is 5.07. The second-order valence-electron chi connectivity index (χ2n) is 3.68. The van der Waals surface area contributed by atoms with E-state index in [1.807, 2.05) is 6.20 Å². The first-order chi connectivity index (χ1) is 6.72. The summed E-state index contributed by atoms with van der Waals surface area (Å²) in [6.07, 6.45) is 3.01. The first kappa shape index (κ1) is 11.6. The number of hydrogen-bond acceptors (Lipinski definition) is 4. The summed E-state index contributed by atoms with van der Waals surface area (Å²) in [6.45, 7) is 6.98. The van der Waals surface area contributed by atoms with E-state index in [2.05, 4.69) is 24.1 Å². The molecule has 0 amide bonds. The quantitative estimate of drug-likeness (QED) is 0.753. The van der Waals surface area contributed by atoms with E-state index in [9.17, 15) is 0 Å². The van der Waals surface area contributed by atoms with Crippen molar-refractivity contribution in [1.29, 1.82) is 0 Å². The van der Waals surface area contributed by atoms with Crippen molar-refractivity contribution in [2.45, 2.75) is 26.8 Å². The predicted octanol–water partition coefficient (Wildman–Crippen LogP) is 1.53. The maximum Gasteiger partial charge on any atom is 0.107 e.